The van der Waals surface area contributed by atoms with E-state index in [4.69, 9.17) is 16.3 Å². The number of likely N-dealkylation sites (tertiary alicyclic amines) is 1. The molecule has 4 aliphatic heterocycles. The van der Waals surface area contributed by atoms with Gasteiger partial charge in [-0.25, -0.2) is 4.98 Å². The number of carbonyl (C=O) groups is 5. The van der Waals surface area contributed by atoms with Crippen LogP contribution in [0.5, 0.6) is 0 Å². The lowest BCUT2D eigenvalue weighted by Crippen LogP contribution is -2.53. The number of hydrogen-bond acceptors (Lipinski definition) is 15. The number of carbonyl (C=O) groups excluding carboxylic acids is 5. The van der Waals surface area contributed by atoms with E-state index in [9.17, 15) is 29.1 Å². The number of benzene rings is 5. The first-order chi connectivity index (χ1) is 50.1. The number of amides is 4. The van der Waals surface area contributed by atoms with Gasteiger partial charge in [-0.3, -0.25) is 38.7 Å². The number of aliphatic hydroxyl groups excluding tert-OH is 1. The second kappa shape index (κ2) is 35.2. The molecule has 12 rings (SSSR count). The van der Waals surface area contributed by atoms with E-state index in [1.165, 1.54) is 26.5 Å². The number of morpholine rings is 1. The molecule has 6 aliphatic rings. The number of anilines is 2. The first kappa shape index (κ1) is 76.7. The third-order valence-corrected chi connectivity index (χ3v) is 25.3. The summed E-state index contributed by atoms with van der Waals surface area (Å²) in [4.78, 5) is 91.2. The molecule has 5 fully saturated rings. The van der Waals surface area contributed by atoms with Crippen molar-refractivity contribution < 1.29 is 33.8 Å². The summed E-state index contributed by atoms with van der Waals surface area (Å²) in [6.07, 6.45) is 5.94. The highest BCUT2D eigenvalue weighted by Gasteiger charge is 2.46. The van der Waals surface area contributed by atoms with Gasteiger partial charge in [0.05, 0.1) is 41.4 Å². The molecule has 6 atom stereocenters. The summed E-state index contributed by atoms with van der Waals surface area (Å²) in [5.41, 5.74) is 13.6. The molecule has 0 radical (unpaired) electrons. The molecule has 104 heavy (non-hydrogen) atoms. The molecular weight excluding hydrogens is 1360 g/mol. The van der Waals surface area contributed by atoms with Gasteiger partial charge >= 0.3 is 0 Å². The average molecular weight is 1470 g/mol. The number of Topliss-reactive ketones (excluding diaryl/α,β-unsaturated/α-hetero) is 1. The number of nitrogens with zero attached hydrogens (tertiary/aromatic N) is 7. The van der Waals surface area contributed by atoms with E-state index in [-0.39, 0.29) is 72.1 Å². The Hall–Kier alpha value is -6.94. The number of thioether (sulfide) groups is 1. The van der Waals surface area contributed by atoms with Crippen molar-refractivity contribution in [3.05, 3.63) is 171 Å². The zero-order valence-corrected chi connectivity index (χ0v) is 64.6. The van der Waals surface area contributed by atoms with Gasteiger partial charge in [-0.1, -0.05) is 112 Å². The lowest BCUT2D eigenvalue weighted by atomic mass is 9.71. The van der Waals surface area contributed by atoms with Crippen LogP contribution in [0.3, 0.4) is 0 Å². The van der Waals surface area contributed by atoms with E-state index in [2.05, 4.69) is 132 Å². The van der Waals surface area contributed by atoms with Crippen LogP contribution in [-0.4, -0.2) is 193 Å². The Bertz CT molecular complexity index is 3910. The van der Waals surface area contributed by atoms with Crippen molar-refractivity contribution in [3.8, 4) is 10.4 Å². The summed E-state index contributed by atoms with van der Waals surface area (Å²) in [6, 6.07) is 40.7. The number of halogens is 1. The Kier molecular flexibility index (Phi) is 26.0. The second-order valence-electron chi connectivity index (χ2n) is 31.7. The van der Waals surface area contributed by atoms with Crippen LogP contribution in [-0.2, 0) is 30.5 Å². The van der Waals surface area contributed by atoms with Crippen molar-refractivity contribution in [2.75, 3.05) is 121 Å². The Balaban J connectivity index is 0.581. The predicted molar refractivity (Wildman–Crippen MR) is 420 cm³/mol. The maximum atomic E-state index is 14.6. The Morgan fingerprint density at radius 2 is 1.47 bits per heavy atom. The zero-order valence-electron chi connectivity index (χ0n) is 62.2. The molecule has 4 N–H and O–H groups in total. The molecule has 4 amide bonds. The van der Waals surface area contributed by atoms with Crippen LogP contribution in [0.25, 0.3) is 16.0 Å². The summed E-state index contributed by atoms with van der Waals surface area (Å²) >= 11 is 9.93. The van der Waals surface area contributed by atoms with Gasteiger partial charge in [-0.2, -0.15) is 0 Å². The number of aryl methyl sites for hydroxylation is 2. The first-order valence-corrected chi connectivity index (χ1v) is 40.3. The standard InChI is InChI=1S/C84H109ClN10O7S2/c1-57-47-60(13-30-75(57)89-69(32-34-90-43-45-102-46-44-90)54-103-72-11-9-8-10-12-72)51-86-79(98)65-24-28-70(29-25-65)93-39-35-91(36-40-93)52-67-50-84(7,33-31-73(67)62-22-26-68(85)27-23-62)55-92-37-41-94(42-38-92)81(100)66-20-16-63(17-21-66)77(97)49-74(83(4,5)6)82(101)95-53-71(96)48-76(95)80(99)88-58(2)61-14-18-64(19-15-61)78-59(3)87-56-104-78/h8-15,18-19,22-30,47,56,58,63,66,69,71,74,76,89,96H,16-17,20-21,31-46,48-55H2,1-7H3,(H,86,98)(H,88,99)/t58-,63?,66?,69+,71+,74+,76-,84?/m0/s1. The smallest absolute Gasteiger partial charge is 0.251 e. The van der Waals surface area contributed by atoms with Crippen LogP contribution < -0.4 is 20.9 Å². The minimum absolute atomic E-state index is 0.0368. The molecule has 5 heterocycles. The number of aliphatic hydroxyl groups is 1. The molecule has 1 aromatic heterocycles. The summed E-state index contributed by atoms with van der Waals surface area (Å²) in [6.45, 7) is 28.0. The topological polar surface area (TPSA) is 183 Å². The largest absolute Gasteiger partial charge is 0.391 e. The highest BCUT2D eigenvalue weighted by atomic mass is 35.5. The molecule has 20 heteroatoms. The number of β-amino-alcohol motifs (C(OH)–C–C–N with tert-alkyl or cyclic N) is 1. The van der Waals surface area contributed by atoms with E-state index >= 15 is 0 Å². The summed E-state index contributed by atoms with van der Waals surface area (Å²) in [5.74, 6) is -0.537. The number of thiazole rings is 1. The molecule has 0 spiro atoms. The predicted octanol–water partition coefficient (Wildman–Crippen LogP) is 13.5. The van der Waals surface area contributed by atoms with Crippen LogP contribution in [0.15, 0.2) is 137 Å². The van der Waals surface area contributed by atoms with Gasteiger partial charge in [0.15, 0.2) is 0 Å². The van der Waals surface area contributed by atoms with E-state index in [1.807, 2.05) is 100 Å². The van der Waals surface area contributed by atoms with Gasteiger partial charge in [0.2, 0.25) is 17.7 Å². The molecule has 1 saturated carbocycles. The van der Waals surface area contributed by atoms with Crippen LogP contribution in [0.1, 0.15) is 143 Å². The maximum absolute atomic E-state index is 14.6. The summed E-state index contributed by atoms with van der Waals surface area (Å²) in [5, 5.41) is 21.8. The second-order valence-corrected chi connectivity index (χ2v) is 34.1. The number of ketones is 1. The average Bonchev–Trinajstić information content (AvgIpc) is 1.67. The number of aromatic nitrogens is 1. The molecule has 4 saturated heterocycles. The van der Waals surface area contributed by atoms with Crippen molar-refractivity contribution in [3.63, 3.8) is 0 Å². The maximum Gasteiger partial charge on any atom is 0.251 e. The third-order valence-electron chi connectivity index (χ3n) is 22.9. The number of piperazine rings is 2. The quantitative estimate of drug-likeness (QED) is 0.0376. The van der Waals surface area contributed by atoms with Gasteiger partial charge in [-0.15, -0.1) is 23.1 Å². The van der Waals surface area contributed by atoms with E-state index in [0.29, 0.717) is 56.9 Å². The van der Waals surface area contributed by atoms with Crippen molar-refractivity contribution in [2.24, 2.45) is 28.6 Å². The van der Waals surface area contributed by atoms with Crippen LogP contribution >= 0.6 is 34.7 Å². The van der Waals surface area contributed by atoms with Crippen molar-refractivity contribution >= 4 is 81.1 Å². The minimum atomic E-state index is -0.855. The number of rotatable bonds is 26. The fourth-order valence-electron chi connectivity index (χ4n) is 16.6. The summed E-state index contributed by atoms with van der Waals surface area (Å²) in [7, 11) is 0. The van der Waals surface area contributed by atoms with Crippen LogP contribution in [0, 0.1) is 42.4 Å². The van der Waals surface area contributed by atoms with Crippen molar-refractivity contribution in [1.82, 2.24) is 40.1 Å². The van der Waals surface area contributed by atoms with Gasteiger partial charge in [-0.05, 0) is 171 Å². The molecule has 17 nitrogen and oxygen atoms in total. The molecule has 2 aliphatic carbocycles. The fraction of sp³-hybridized carbons (Fsp3) is 0.524. The number of ether oxygens (including phenoxy) is 1. The molecule has 556 valence electrons. The Morgan fingerprint density at radius 3 is 2.14 bits per heavy atom. The number of nitrogens with one attached hydrogen (secondary N) is 3. The van der Waals surface area contributed by atoms with Gasteiger partial charge in [0.1, 0.15) is 11.8 Å². The third kappa shape index (κ3) is 20.0. The Labute approximate surface area is 630 Å². The monoisotopic (exact) mass is 1470 g/mol. The first-order valence-electron chi connectivity index (χ1n) is 38.1. The molecule has 1 unspecified atom stereocenters. The molecular formula is C84H109ClN10O7S2. The Morgan fingerprint density at radius 1 is 0.788 bits per heavy atom. The van der Waals surface area contributed by atoms with Gasteiger partial charge in [0, 0.05) is 167 Å². The minimum Gasteiger partial charge on any atom is -0.391 e. The molecule has 0 bridgehead atoms. The van der Waals surface area contributed by atoms with Gasteiger partial charge < -0.3 is 40.5 Å². The van der Waals surface area contributed by atoms with Crippen molar-refractivity contribution in [2.45, 2.75) is 148 Å². The number of hydrogen-bond donors (Lipinski definition) is 4. The fourth-order valence-corrected chi connectivity index (χ4v) is 18.5. The SMILES string of the molecule is Cc1cc(CNC(=O)c2ccc(N3CCN(CC4=C(c5ccc(Cl)cc5)CCC(C)(CN5CCN(C(=O)C6CCC(C(=O)C[C@H](C(=O)N7C[C@H](O)C[C@H]7C(=O)N[C@@H](C)c7ccc(-c8scnc8C)cc7)C(C)(C)C)CC6)CC5)C4)CC3)cc2)ccc1N[C@H](CCN1CCOCC1)CSc1ccccc1. The van der Waals surface area contributed by atoms with Crippen LogP contribution in [0.4, 0.5) is 11.4 Å². The highest BCUT2D eigenvalue weighted by molar-refractivity contribution is 7.99. The van der Waals surface area contributed by atoms with E-state index < -0.39 is 23.5 Å². The highest BCUT2D eigenvalue weighted by Crippen LogP contribution is 2.45. The van der Waals surface area contributed by atoms with E-state index in [0.717, 1.165) is 166 Å². The van der Waals surface area contributed by atoms with Crippen molar-refractivity contribution in [1.29, 1.82) is 0 Å². The lowest BCUT2D eigenvalue weighted by molar-refractivity contribution is -0.147. The lowest BCUT2D eigenvalue weighted by Gasteiger charge is -2.44. The molecule has 5 aromatic carbocycles. The molecule has 6 aromatic rings. The van der Waals surface area contributed by atoms with Gasteiger partial charge in [0.25, 0.3) is 5.91 Å². The number of allylic oxidation sites excluding steroid dienone is 1. The summed E-state index contributed by atoms with van der Waals surface area (Å²) < 4.78 is 5.61. The van der Waals surface area contributed by atoms with Crippen LogP contribution in [0.2, 0.25) is 5.02 Å². The zero-order chi connectivity index (χ0) is 73.1. The normalized spacial score (nSPS) is 22.6. The van der Waals surface area contributed by atoms with E-state index in [1.54, 1.807) is 11.3 Å².